The maximum absolute atomic E-state index is 12.0. The van der Waals surface area contributed by atoms with Crippen LogP contribution in [0.25, 0.3) is 0 Å². The molecule has 3 rings (SSSR count). The van der Waals surface area contributed by atoms with Gasteiger partial charge in [-0.1, -0.05) is 18.2 Å². The largest absolute Gasteiger partial charge is 0.457 e. The summed E-state index contributed by atoms with van der Waals surface area (Å²) in [5.74, 6) is 1.55. The van der Waals surface area contributed by atoms with Crippen molar-refractivity contribution in [2.45, 2.75) is 0 Å². The van der Waals surface area contributed by atoms with Crippen molar-refractivity contribution in [3.8, 4) is 17.2 Å². The van der Waals surface area contributed by atoms with Crippen molar-refractivity contribution in [2.75, 3.05) is 0 Å². The van der Waals surface area contributed by atoms with Gasteiger partial charge in [0.2, 0.25) is 0 Å². The van der Waals surface area contributed by atoms with E-state index in [0.717, 1.165) is 9.32 Å². The molecule has 0 aliphatic heterocycles. The molecule has 23 heavy (non-hydrogen) atoms. The standard InChI is InChI=1S/C19H13IO3/c20-15-6-8-16(9-7-15)22-17-10-12-18(13-11-17)23-19(21)14-4-2-1-3-5-14/h1-13H. The molecule has 114 valence electrons. The monoisotopic (exact) mass is 416 g/mol. The predicted molar refractivity (Wildman–Crippen MR) is 97.1 cm³/mol. The Hall–Kier alpha value is -2.34. The van der Waals surface area contributed by atoms with Crippen molar-refractivity contribution in [1.82, 2.24) is 0 Å². The van der Waals surface area contributed by atoms with Gasteiger partial charge < -0.3 is 9.47 Å². The van der Waals surface area contributed by atoms with Crippen LogP contribution < -0.4 is 9.47 Å². The Kier molecular flexibility index (Phi) is 4.92. The maximum atomic E-state index is 12.0. The van der Waals surface area contributed by atoms with Gasteiger partial charge in [-0.3, -0.25) is 0 Å². The average molecular weight is 416 g/mol. The van der Waals surface area contributed by atoms with Crippen molar-refractivity contribution < 1.29 is 14.3 Å². The number of esters is 1. The lowest BCUT2D eigenvalue weighted by molar-refractivity contribution is 0.0734. The Morgan fingerprint density at radius 1 is 0.696 bits per heavy atom. The predicted octanol–water partition coefficient (Wildman–Crippen LogP) is 5.30. The smallest absolute Gasteiger partial charge is 0.343 e. The molecule has 0 spiro atoms. The van der Waals surface area contributed by atoms with Gasteiger partial charge in [-0.15, -0.1) is 0 Å². The van der Waals surface area contributed by atoms with E-state index in [1.54, 1.807) is 48.5 Å². The Morgan fingerprint density at radius 2 is 1.22 bits per heavy atom. The van der Waals surface area contributed by atoms with Crippen LogP contribution in [0.5, 0.6) is 17.2 Å². The van der Waals surface area contributed by atoms with Crippen molar-refractivity contribution in [2.24, 2.45) is 0 Å². The van der Waals surface area contributed by atoms with Crippen molar-refractivity contribution in [3.63, 3.8) is 0 Å². The molecule has 0 N–H and O–H groups in total. The highest BCUT2D eigenvalue weighted by Gasteiger charge is 2.07. The van der Waals surface area contributed by atoms with E-state index in [0.29, 0.717) is 17.1 Å². The van der Waals surface area contributed by atoms with Gasteiger partial charge in [0.25, 0.3) is 0 Å². The van der Waals surface area contributed by atoms with E-state index in [1.807, 2.05) is 30.3 Å². The lowest BCUT2D eigenvalue weighted by Crippen LogP contribution is -2.07. The number of carbonyl (C=O) groups is 1. The highest BCUT2D eigenvalue weighted by molar-refractivity contribution is 14.1. The lowest BCUT2D eigenvalue weighted by Gasteiger charge is -2.07. The van der Waals surface area contributed by atoms with Crippen LogP contribution in [0.15, 0.2) is 78.9 Å². The molecule has 0 aliphatic rings. The van der Waals surface area contributed by atoms with Gasteiger partial charge in [0.15, 0.2) is 0 Å². The molecule has 0 amide bonds. The molecule has 0 atom stereocenters. The highest BCUT2D eigenvalue weighted by Crippen LogP contribution is 2.24. The second kappa shape index (κ2) is 7.28. The van der Waals surface area contributed by atoms with E-state index in [9.17, 15) is 4.79 Å². The van der Waals surface area contributed by atoms with Gasteiger partial charge in [-0.05, 0) is 83.3 Å². The normalized spacial score (nSPS) is 10.1. The minimum atomic E-state index is -0.378. The summed E-state index contributed by atoms with van der Waals surface area (Å²) in [5, 5.41) is 0. The second-order valence-electron chi connectivity index (χ2n) is 4.78. The third kappa shape index (κ3) is 4.32. The van der Waals surface area contributed by atoms with Crippen molar-refractivity contribution in [1.29, 1.82) is 0 Å². The van der Waals surface area contributed by atoms with Gasteiger partial charge in [-0.2, -0.15) is 0 Å². The number of benzene rings is 3. The summed E-state index contributed by atoms with van der Waals surface area (Å²) in [5.41, 5.74) is 0.520. The van der Waals surface area contributed by atoms with Crippen molar-refractivity contribution >= 4 is 28.6 Å². The van der Waals surface area contributed by atoms with Gasteiger partial charge in [-0.25, -0.2) is 4.79 Å². The number of halogens is 1. The summed E-state index contributed by atoms with van der Waals surface area (Å²) in [6, 6.07) is 23.6. The van der Waals surface area contributed by atoms with E-state index in [4.69, 9.17) is 9.47 Å². The van der Waals surface area contributed by atoms with Crippen LogP contribution in [0.2, 0.25) is 0 Å². The van der Waals surface area contributed by atoms with Gasteiger partial charge in [0.1, 0.15) is 17.2 Å². The molecule has 3 aromatic carbocycles. The van der Waals surface area contributed by atoms with Crippen molar-refractivity contribution in [3.05, 3.63) is 88.0 Å². The highest BCUT2D eigenvalue weighted by atomic mass is 127. The molecule has 0 saturated heterocycles. The van der Waals surface area contributed by atoms with Gasteiger partial charge >= 0.3 is 5.97 Å². The van der Waals surface area contributed by atoms with Crippen LogP contribution in [0.3, 0.4) is 0 Å². The summed E-state index contributed by atoms with van der Waals surface area (Å²) in [6.07, 6.45) is 0. The Bertz CT molecular complexity index is 781. The maximum Gasteiger partial charge on any atom is 0.343 e. The first-order valence-corrected chi connectivity index (χ1v) is 8.09. The first-order valence-electron chi connectivity index (χ1n) is 7.01. The first-order chi connectivity index (χ1) is 11.2. The topological polar surface area (TPSA) is 35.5 Å². The minimum Gasteiger partial charge on any atom is -0.457 e. The molecule has 3 aromatic rings. The molecule has 0 saturated carbocycles. The Morgan fingerprint density at radius 3 is 1.83 bits per heavy atom. The van der Waals surface area contributed by atoms with E-state index < -0.39 is 0 Å². The van der Waals surface area contributed by atoms with E-state index in [2.05, 4.69) is 22.6 Å². The summed E-state index contributed by atoms with van der Waals surface area (Å²) < 4.78 is 12.2. The zero-order valence-electron chi connectivity index (χ0n) is 12.1. The van der Waals surface area contributed by atoms with E-state index in [-0.39, 0.29) is 5.97 Å². The van der Waals surface area contributed by atoms with Crippen LogP contribution >= 0.6 is 22.6 Å². The Balaban J connectivity index is 1.65. The molecular weight excluding hydrogens is 403 g/mol. The van der Waals surface area contributed by atoms with Crippen LogP contribution in [0, 0.1) is 3.57 Å². The fourth-order valence-corrected chi connectivity index (χ4v) is 2.31. The Labute approximate surface area is 148 Å². The number of hydrogen-bond acceptors (Lipinski definition) is 3. The van der Waals surface area contributed by atoms with Crippen LogP contribution in [-0.2, 0) is 0 Å². The molecule has 3 nitrogen and oxygen atoms in total. The molecule has 0 aromatic heterocycles. The second-order valence-corrected chi connectivity index (χ2v) is 6.03. The number of rotatable bonds is 4. The number of hydrogen-bond donors (Lipinski definition) is 0. The fourth-order valence-electron chi connectivity index (χ4n) is 1.95. The number of ether oxygens (including phenoxy) is 2. The first kappa shape index (κ1) is 15.6. The third-order valence-corrected chi connectivity index (χ3v) is 3.81. The summed E-state index contributed by atoms with van der Waals surface area (Å²) in [6.45, 7) is 0. The molecule has 0 heterocycles. The minimum absolute atomic E-state index is 0.378. The quantitative estimate of drug-likeness (QED) is 0.329. The SMILES string of the molecule is O=C(Oc1ccc(Oc2ccc(I)cc2)cc1)c1ccccc1. The molecule has 0 aliphatic carbocycles. The average Bonchev–Trinajstić information content (AvgIpc) is 2.59. The summed E-state index contributed by atoms with van der Waals surface area (Å²) >= 11 is 2.24. The fraction of sp³-hybridized carbons (Fsp3) is 0. The van der Waals surface area contributed by atoms with E-state index >= 15 is 0 Å². The van der Waals surface area contributed by atoms with Gasteiger partial charge in [0, 0.05) is 3.57 Å². The lowest BCUT2D eigenvalue weighted by atomic mass is 10.2. The zero-order chi connectivity index (χ0) is 16.1. The molecule has 4 heteroatoms. The van der Waals surface area contributed by atoms with E-state index in [1.165, 1.54) is 0 Å². The third-order valence-electron chi connectivity index (χ3n) is 3.09. The van der Waals surface area contributed by atoms with Crippen LogP contribution in [-0.4, -0.2) is 5.97 Å². The van der Waals surface area contributed by atoms with Crippen LogP contribution in [0.4, 0.5) is 0 Å². The molecular formula is C19H13IO3. The molecule has 0 unspecified atom stereocenters. The summed E-state index contributed by atoms with van der Waals surface area (Å²) in [7, 11) is 0. The van der Waals surface area contributed by atoms with Crippen LogP contribution in [0.1, 0.15) is 10.4 Å². The zero-order valence-corrected chi connectivity index (χ0v) is 14.3. The molecule has 0 fully saturated rings. The summed E-state index contributed by atoms with van der Waals surface area (Å²) in [4.78, 5) is 12.0. The molecule has 0 radical (unpaired) electrons. The van der Waals surface area contributed by atoms with Gasteiger partial charge in [0.05, 0.1) is 5.56 Å². The number of carbonyl (C=O) groups excluding carboxylic acids is 1. The molecule has 0 bridgehead atoms.